The molecule has 18 heavy (non-hydrogen) atoms. The first-order chi connectivity index (χ1) is 8.66. The Kier molecular flexibility index (Phi) is 3.94. The molecule has 6 heteroatoms. The maximum atomic E-state index is 12.7. The molecule has 0 unspecified atom stereocenters. The zero-order valence-corrected chi connectivity index (χ0v) is 10.2. The minimum absolute atomic E-state index is 0.0871. The van der Waals surface area contributed by atoms with Gasteiger partial charge in [-0.25, -0.2) is 9.49 Å². The third-order valence-corrected chi connectivity index (χ3v) is 2.81. The Morgan fingerprint density at radius 3 is 2.78 bits per heavy atom. The highest BCUT2D eigenvalue weighted by atomic mass is 35.5. The van der Waals surface area contributed by atoms with Gasteiger partial charge in [0.15, 0.2) is 0 Å². The van der Waals surface area contributed by atoms with Crippen molar-refractivity contribution in [2.75, 3.05) is 11.9 Å². The predicted molar refractivity (Wildman–Crippen MR) is 68.5 cm³/mol. The third kappa shape index (κ3) is 3.07. The van der Waals surface area contributed by atoms with Crippen molar-refractivity contribution in [2.45, 2.75) is 6.42 Å². The number of aromatic nitrogens is 2. The van der Waals surface area contributed by atoms with Crippen molar-refractivity contribution in [1.82, 2.24) is 10.2 Å². The number of hydrogen-bond acceptors (Lipinski definition) is 3. The van der Waals surface area contributed by atoms with Crippen molar-refractivity contribution >= 4 is 17.3 Å². The van der Waals surface area contributed by atoms with Crippen LogP contribution in [0.1, 0.15) is 5.56 Å². The van der Waals surface area contributed by atoms with E-state index in [-0.39, 0.29) is 10.8 Å². The Balaban J connectivity index is 1.94. The SMILES string of the molecule is O=c1[nH]ncc(NCCc2ccc(F)cc2)c1Cl. The summed E-state index contributed by atoms with van der Waals surface area (Å²) < 4.78 is 12.7. The Morgan fingerprint density at radius 1 is 1.33 bits per heavy atom. The molecule has 0 aliphatic carbocycles. The van der Waals surface area contributed by atoms with Crippen LogP contribution in [0.25, 0.3) is 0 Å². The van der Waals surface area contributed by atoms with E-state index in [1.165, 1.54) is 18.3 Å². The highest BCUT2D eigenvalue weighted by molar-refractivity contribution is 6.32. The number of nitrogens with one attached hydrogen (secondary N) is 2. The van der Waals surface area contributed by atoms with Gasteiger partial charge in [0.25, 0.3) is 5.56 Å². The van der Waals surface area contributed by atoms with E-state index in [9.17, 15) is 9.18 Å². The Morgan fingerprint density at radius 2 is 2.06 bits per heavy atom. The van der Waals surface area contributed by atoms with E-state index in [0.717, 1.165) is 5.56 Å². The molecule has 0 fully saturated rings. The lowest BCUT2D eigenvalue weighted by Crippen LogP contribution is -2.13. The van der Waals surface area contributed by atoms with Crippen LogP contribution in [0.2, 0.25) is 5.02 Å². The van der Waals surface area contributed by atoms with Gasteiger partial charge in [0.1, 0.15) is 10.8 Å². The van der Waals surface area contributed by atoms with Gasteiger partial charge in [-0.3, -0.25) is 4.79 Å². The lowest BCUT2D eigenvalue weighted by molar-refractivity contribution is 0.627. The number of rotatable bonds is 4. The quantitative estimate of drug-likeness (QED) is 0.893. The van der Waals surface area contributed by atoms with Crippen LogP contribution in [-0.4, -0.2) is 16.7 Å². The smallest absolute Gasteiger partial charge is 0.285 e. The summed E-state index contributed by atoms with van der Waals surface area (Å²) in [5, 5.41) is 8.98. The average molecular weight is 268 g/mol. The van der Waals surface area contributed by atoms with Crippen molar-refractivity contribution in [1.29, 1.82) is 0 Å². The molecule has 2 rings (SSSR count). The highest BCUT2D eigenvalue weighted by Crippen LogP contribution is 2.14. The molecule has 0 aliphatic rings. The maximum absolute atomic E-state index is 12.7. The van der Waals surface area contributed by atoms with Gasteiger partial charge in [-0.2, -0.15) is 5.10 Å². The zero-order chi connectivity index (χ0) is 13.0. The first-order valence-corrected chi connectivity index (χ1v) is 5.76. The number of nitrogens with zero attached hydrogens (tertiary/aromatic N) is 1. The van der Waals surface area contributed by atoms with Crippen molar-refractivity contribution in [3.05, 3.63) is 57.2 Å². The van der Waals surface area contributed by atoms with Gasteiger partial charge in [-0.1, -0.05) is 23.7 Å². The number of aromatic amines is 1. The molecule has 0 saturated carbocycles. The molecule has 0 aliphatic heterocycles. The fourth-order valence-electron chi connectivity index (χ4n) is 1.50. The summed E-state index contributed by atoms with van der Waals surface area (Å²) in [7, 11) is 0. The lowest BCUT2D eigenvalue weighted by atomic mass is 10.1. The van der Waals surface area contributed by atoms with Crippen LogP contribution in [-0.2, 0) is 6.42 Å². The predicted octanol–water partition coefficient (Wildman–Crippen LogP) is 2.22. The van der Waals surface area contributed by atoms with Gasteiger partial charge in [-0.05, 0) is 24.1 Å². The molecule has 4 nitrogen and oxygen atoms in total. The molecule has 1 heterocycles. The summed E-state index contributed by atoms with van der Waals surface area (Å²) in [4.78, 5) is 11.2. The summed E-state index contributed by atoms with van der Waals surface area (Å²) in [6.07, 6.45) is 2.15. The van der Waals surface area contributed by atoms with Crippen LogP contribution in [0.15, 0.2) is 35.3 Å². The van der Waals surface area contributed by atoms with Crippen molar-refractivity contribution in [3.63, 3.8) is 0 Å². The standard InChI is InChI=1S/C12H11ClFN3O/c13-11-10(7-16-17-12(11)18)15-6-5-8-1-3-9(14)4-2-8/h1-4,7H,5-6H2,(H2,15,17,18). The molecule has 1 aromatic heterocycles. The van der Waals surface area contributed by atoms with Crippen molar-refractivity contribution < 1.29 is 4.39 Å². The second-order valence-corrected chi connectivity index (χ2v) is 4.11. The normalized spacial score (nSPS) is 10.3. The molecule has 0 saturated heterocycles. The minimum Gasteiger partial charge on any atom is -0.382 e. The number of H-pyrrole nitrogens is 1. The van der Waals surface area contributed by atoms with E-state index in [0.29, 0.717) is 18.7 Å². The molecule has 1 aromatic carbocycles. The number of benzene rings is 1. The molecule has 0 bridgehead atoms. The largest absolute Gasteiger partial charge is 0.382 e. The monoisotopic (exact) mass is 267 g/mol. The second-order valence-electron chi connectivity index (χ2n) is 3.73. The Bertz CT molecular complexity index is 583. The fraction of sp³-hybridized carbons (Fsp3) is 0.167. The first-order valence-electron chi connectivity index (χ1n) is 5.38. The molecular formula is C12H11ClFN3O. The van der Waals surface area contributed by atoms with E-state index < -0.39 is 5.56 Å². The maximum Gasteiger partial charge on any atom is 0.285 e. The molecule has 0 amide bonds. The number of anilines is 1. The number of halogens is 2. The average Bonchev–Trinajstić information content (AvgIpc) is 2.37. The Labute approximate surface area is 108 Å². The van der Waals surface area contributed by atoms with Crippen molar-refractivity contribution in [2.24, 2.45) is 0 Å². The molecule has 0 atom stereocenters. The highest BCUT2D eigenvalue weighted by Gasteiger charge is 2.03. The summed E-state index contributed by atoms with van der Waals surface area (Å²) in [6, 6.07) is 6.26. The summed E-state index contributed by atoms with van der Waals surface area (Å²) in [5.41, 5.74) is 1.06. The van der Waals surface area contributed by atoms with E-state index >= 15 is 0 Å². The lowest BCUT2D eigenvalue weighted by Gasteiger charge is -2.06. The second kappa shape index (κ2) is 5.64. The van der Waals surface area contributed by atoms with Crippen LogP contribution in [0, 0.1) is 5.82 Å². The van der Waals surface area contributed by atoms with E-state index in [2.05, 4.69) is 15.5 Å². The van der Waals surface area contributed by atoms with Crippen LogP contribution < -0.4 is 10.9 Å². The van der Waals surface area contributed by atoms with Gasteiger partial charge in [-0.15, -0.1) is 0 Å². The molecule has 2 aromatic rings. The molecule has 0 spiro atoms. The van der Waals surface area contributed by atoms with Gasteiger partial charge >= 0.3 is 0 Å². The molecule has 94 valence electrons. The van der Waals surface area contributed by atoms with E-state index in [1.54, 1.807) is 12.1 Å². The summed E-state index contributed by atoms with van der Waals surface area (Å²) in [5.74, 6) is -0.256. The van der Waals surface area contributed by atoms with Crippen LogP contribution >= 0.6 is 11.6 Å². The summed E-state index contributed by atoms with van der Waals surface area (Å²) in [6.45, 7) is 0.580. The number of hydrogen-bond donors (Lipinski definition) is 2. The van der Waals surface area contributed by atoms with Crippen molar-refractivity contribution in [3.8, 4) is 0 Å². The topological polar surface area (TPSA) is 57.8 Å². The molecule has 0 radical (unpaired) electrons. The van der Waals surface area contributed by atoms with Crippen LogP contribution in [0.4, 0.5) is 10.1 Å². The van der Waals surface area contributed by atoms with Gasteiger partial charge in [0.05, 0.1) is 11.9 Å². The van der Waals surface area contributed by atoms with Gasteiger partial charge in [0.2, 0.25) is 0 Å². The van der Waals surface area contributed by atoms with Crippen LogP contribution in [0.5, 0.6) is 0 Å². The first kappa shape index (κ1) is 12.6. The fourth-order valence-corrected chi connectivity index (χ4v) is 1.66. The van der Waals surface area contributed by atoms with E-state index in [4.69, 9.17) is 11.6 Å². The van der Waals surface area contributed by atoms with Gasteiger partial charge < -0.3 is 5.32 Å². The van der Waals surface area contributed by atoms with Crippen LogP contribution in [0.3, 0.4) is 0 Å². The Hall–Kier alpha value is -1.88. The van der Waals surface area contributed by atoms with E-state index in [1.807, 2.05) is 0 Å². The molecular weight excluding hydrogens is 257 g/mol. The zero-order valence-electron chi connectivity index (χ0n) is 9.41. The van der Waals surface area contributed by atoms with Gasteiger partial charge in [0, 0.05) is 6.54 Å². The third-order valence-electron chi connectivity index (χ3n) is 2.44. The molecule has 2 N–H and O–H groups in total. The minimum atomic E-state index is -0.427. The summed E-state index contributed by atoms with van der Waals surface area (Å²) >= 11 is 5.80.